The number of alkyl halides is 3. The minimum Gasteiger partial charge on any atom is -0.480 e. The molecule has 1 aliphatic heterocycles. The number of methoxy groups -OCH3 is 1. The van der Waals surface area contributed by atoms with Gasteiger partial charge in [-0.25, -0.2) is 4.79 Å². The summed E-state index contributed by atoms with van der Waals surface area (Å²) < 4.78 is 40.8. The Hall–Kier alpha value is -0.960. The first-order chi connectivity index (χ1) is 8.74. The Morgan fingerprint density at radius 1 is 1.47 bits per heavy atom. The average molecular weight is 301 g/mol. The van der Waals surface area contributed by atoms with E-state index in [1.165, 1.54) is 7.11 Å². The normalized spacial score (nSPS) is 23.7. The van der Waals surface area contributed by atoms with Crippen LogP contribution in [0.4, 0.5) is 13.2 Å². The molecule has 1 aliphatic rings. The highest BCUT2D eigenvalue weighted by Gasteiger charge is 2.39. The molecule has 1 N–H and O–H groups in total. The first-order valence-corrected chi connectivity index (χ1v) is 6.59. The molecule has 1 amide bonds. The van der Waals surface area contributed by atoms with E-state index in [1.807, 2.05) is 0 Å². The largest absolute Gasteiger partial charge is 0.480 e. The van der Waals surface area contributed by atoms with Gasteiger partial charge >= 0.3 is 12.1 Å². The van der Waals surface area contributed by atoms with E-state index >= 15 is 0 Å². The van der Waals surface area contributed by atoms with Crippen molar-refractivity contribution in [3.8, 4) is 0 Å². The van der Waals surface area contributed by atoms with E-state index in [-0.39, 0.29) is 18.7 Å². The van der Waals surface area contributed by atoms with Crippen LogP contribution in [0.25, 0.3) is 0 Å². The SMILES string of the molecule is COC1CC(C(=O)O)N(C(=O)CSCC(F)(F)F)C1. The van der Waals surface area contributed by atoms with Gasteiger partial charge in [0, 0.05) is 20.1 Å². The van der Waals surface area contributed by atoms with Gasteiger partial charge in [-0.15, -0.1) is 11.8 Å². The average Bonchev–Trinajstić information content (AvgIpc) is 2.71. The Labute approximate surface area is 112 Å². The molecule has 9 heteroatoms. The van der Waals surface area contributed by atoms with E-state index in [0.29, 0.717) is 11.8 Å². The number of carboxylic acids is 1. The topological polar surface area (TPSA) is 66.8 Å². The van der Waals surface area contributed by atoms with Crippen molar-refractivity contribution in [2.45, 2.75) is 24.7 Å². The molecule has 0 spiro atoms. The predicted octanol–water partition coefficient (Wildman–Crippen LogP) is 0.982. The molecule has 2 unspecified atom stereocenters. The third-order valence-electron chi connectivity index (χ3n) is 2.69. The molecule has 0 aromatic rings. The number of carboxylic acid groups (broad SMARTS) is 1. The van der Waals surface area contributed by atoms with Crippen LogP contribution in [0.5, 0.6) is 0 Å². The van der Waals surface area contributed by atoms with E-state index in [2.05, 4.69) is 0 Å². The molecule has 0 saturated carbocycles. The van der Waals surface area contributed by atoms with Crippen LogP contribution >= 0.6 is 11.8 Å². The molecule has 0 aliphatic carbocycles. The number of hydrogen-bond donors (Lipinski definition) is 1. The minimum absolute atomic E-state index is 0.0961. The quantitative estimate of drug-likeness (QED) is 0.820. The van der Waals surface area contributed by atoms with Crippen molar-refractivity contribution in [2.24, 2.45) is 0 Å². The van der Waals surface area contributed by atoms with Crippen LogP contribution in [0.2, 0.25) is 0 Å². The maximum Gasteiger partial charge on any atom is 0.397 e. The number of carbonyl (C=O) groups is 2. The van der Waals surface area contributed by atoms with Gasteiger partial charge in [0.1, 0.15) is 6.04 Å². The van der Waals surface area contributed by atoms with Crippen LogP contribution in [0.15, 0.2) is 0 Å². The van der Waals surface area contributed by atoms with Crippen LogP contribution in [-0.4, -0.2) is 65.4 Å². The third kappa shape index (κ3) is 4.90. The molecule has 1 fully saturated rings. The van der Waals surface area contributed by atoms with Crippen LogP contribution in [0, 0.1) is 0 Å². The van der Waals surface area contributed by atoms with Crippen molar-refractivity contribution in [3.63, 3.8) is 0 Å². The summed E-state index contributed by atoms with van der Waals surface area (Å²) in [6.07, 6.45) is -4.57. The fourth-order valence-corrected chi connectivity index (χ4v) is 2.49. The van der Waals surface area contributed by atoms with Crippen molar-refractivity contribution in [1.29, 1.82) is 0 Å². The van der Waals surface area contributed by atoms with Gasteiger partial charge < -0.3 is 14.7 Å². The van der Waals surface area contributed by atoms with Crippen molar-refractivity contribution in [3.05, 3.63) is 0 Å². The zero-order chi connectivity index (χ0) is 14.6. The molecule has 19 heavy (non-hydrogen) atoms. The van der Waals surface area contributed by atoms with Gasteiger partial charge in [-0.3, -0.25) is 4.79 Å². The summed E-state index contributed by atoms with van der Waals surface area (Å²) in [6, 6.07) is -1.02. The second-order valence-electron chi connectivity index (χ2n) is 4.10. The number of amides is 1. The Morgan fingerprint density at radius 2 is 2.11 bits per heavy atom. The highest BCUT2D eigenvalue weighted by atomic mass is 32.2. The molecule has 0 radical (unpaired) electrons. The lowest BCUT2D eigenvalue weighted by Crippen LogP contribution is -2.41. The van der Waals surface area contributed by atoms with Crippen molar-refractivity contribution < 1.29 is 32.6 Å². The van der Waals surface area contributed by atoms with Gasteiger partial charge in [-0.05, 0) is 0 Å². The van der Waals surface area contributed by atoms with Crippen molar-refractivity contribution in [2.75, 3.05) is 25.2 Å². The molecule has 1 saturated heterocycles. The fraction of sp³-hybridized carbons (Fsp3) is 0.800. The monoisotopic (exact) mass is 301 g/mol. The van der Waals surface area contributed by atoms with Gasteiger partial charge in [-0.1, -0.05) is 0 Å². The molecule has 1 rings (SSSR count). The number of carbonyl (C=O) groups excluding carboxylic acids is 1. The lowest BCUT2D eigenvalue weighted by Gasteiger charge is -2.21. The molecule has 0 bridgehead atoms. The summed E-state index contributed by atoms with van der Waals surface area (Å²) in [5, 5.41) is 8.96. The second-order valence-corrected chi connectivity index (χ2v) is 5.09. The smallest absolute Gasteiger partial charge is 0.397 e. The summed E-state index contributed by atoms with van der Waals surface area (Å²) >= 11 is 0.428. The third-order valence-corrected chi connectivity index (χ3v) is 3.68. The molecule has 110 valence electrons. The summed E-state index contributed by atoms with van der Waals surface area (Å²) in [6.45, 7) is 0.0961. The first-order valence-electron chi connectivity index (χ1n) is 5.44. The minimum atomic E-state index is -4.34. The summed E-state index contributed by atoms with van der Waals surface area (Å²) in [4.78, 5) is 23.8. The van der Waals surface area contributed by atoms with Gasteiger partial charge in [-0.2, -0.15) is 13.2 Å². The second kappa shape index (κ2) is 6.47. The Balaban J connectivity index is 2.52. The molecule has 0 aromatic heterocycles. The van der Waals surface area contributed by atoms with Crippen LogP contribution in [0.1, 0.15) is 6.42 Å². The van der Waals surface area contributed by atoms with Crippen LogP contribution in [-0.2, 0) is 14.3 Å². The maximum atomic E-state index is 11.9. The number of thioether (sulfide) groups is 1. The zero-order valence-corrected chi connectivity index (χ0v) is 11.0. The lowest BCUT2D eigenvalue weighted by atomic mass is 10.2. The predicted molar refractivity (Wildman–Crippen MR) is 61.9 cm³/mol. The number of aliphatic carboxylic acids is 1. The Kier molecular flexibility index (Phi) is 5.48. The number of ether oxygens (including phenoxy) is 1. The number of halogens is 3. The van der Waals surface area contributed by atoms with E-state index in [1.54, 1.807) is 0 Å². The van der Waals surface area contributed by atoms with E-state index in [9.17, 15) is 22.8 Å². The molecule has 2 atom stereocenters. The van der Waals surface area contributed by atoms with Gasteiger partial charge in [0.2, 0.25) is 5.91 Å². The fourth-order valence-electron chi connectivity index (χ4n) is 1.81. The van der Waals surface area contributed by atoms with Crippen molar-refractivity contribution in [1.82, 2.24) is 4.90 Å². The molecular weight excluding hydrogens is 287 g/mol. The van der Waals surface area contributed by atoms with E-state index < -0.39 is 36.0 Å². The number of likely N-dealkylation sites (tertiary alicyclic amines) is 1. The van der Waals surface area contributed by atoms with E-state index in [0.717, 1.165) is 4.90 Å². The zero-order valence-electron chi connectivity index (χ0n) is 10.1. The van der Waals surface area contributed by atoms with Gasteiger partial charge in [0.05, 0.1) is 17.6 Å². The number of hydrogen-bond acceptors (Lipinski definition) is 4. The first kappa shape index (κ1) is 16.1. The molecule has 1 heterocycles. The van der Waals surface area contributed by atoms with Crippen molar-refractivity contribution >= 4 is 23.6 Å². The summed E-state index contributed by atoms with van der Waals surface area (Å²) in [5.74, 6) is -3.30. The summed E-state index contributed by atoms with van der Waals surface area (Å²) in [5.41, 5.74) is 0. The standard InChI is InChI=1S/C10H14F3NO4S/c1-18-6-2-7(9(16)17)14(3-6)8(15)4-19-5-10(11,12)13/h6-7H,2-5H2,1H3,(H,16,17). The highest BCUT2D eigenvalue weighted by Crippen LogP contribution is 2.24. The van der Waals surface area contributed by atoms with Crippen LogP contribution in [0.3, 0.4) is 0 Å². The molecule has 0 aromatic carbocycles. The van der Waals surface area contributed by atoms with Crippen LogP contribution < -0.4 is 0 Å². The Morgan fingerprint density at radius 3 is 2.58 bits per heavy atom. The van der Waals surface area contributed by atoms with E-state index in [4.69, 9.17) is 9.84 Å². The molecular formula is C10H14F3NO4S. The number of nitrogens with zero attached hydrogens (tertiary/aromatic N) is 1. The number of rotatable bonds is 5. The lowest BCUT2D eigenvalue weighted by molar-refractivity contribution is -0.147. The molecule has 5 nitrogen and oxygen atoms in total. The Bertz CT molecular complexity index is 350. The summed E-state index contributed by atoms with van der Waals surface area (Å²) in [7, 11) is 1.40. The van der Waals surface area contributed by atoms with Gasteiger partial charge in [0.15, 0.2) is 0 Å². The highest BCUT2D eigenvalue weighted by molar-refractivity contribution is 8.00. The van der Waals surface area contributed by atoms with Gasteiger partial charge in [0.25, 0.3) is 0 Å². The maximum absolute atomic E-state index is 11.9.